The summed E-state index contributed by atoms with van der Waals surface area (Å²) in [6.45, 7) is 5.39. The van der Waals surface area contributed by atoms with Gasteiger partial charge >= 0.3 is 5.97 Å². The number of rotatable bonds is 8. The molecule has 2 N–H and O–H groups in total. The van der Waals surface area contributed by atoms with Gasteiger partial charge in [-0.15, -0.1) is 0 Å². The molecule has 0 radical (unpaired) electrons. The van der Waals surface area contributed by atoms with Crippen LogP contribution in [0, 0.1) is 0 Å². The van der Waals surface area contributed by atoms with E-state index in [1.807, 2.05) is 0 Å². The van der Waals surface area contributed by atoms with E-state index in [0.29, 0.717) is 37.7 Å². The smallest absolute Gasteiger partial charge is 0.359 e. The third-order valence-electron chi connectivity index (χ3n) is 2.84. The van der Waals surface area contributed by atoms with Gasteiger partial charge in [0.05, 0.1) is 13.2 Å². The van der Waals surface area contributed by atoms with Crippen molar-refractivity contribution in [2.75, 3.05) is 26.1 Å². The van der Waals surface area contributed by atoms with Gasteiger partial charge in [0, 0.05) is 25.6 Å². The minimum Gasteiger partial charge on any atom is -0.461 e. The lowest BCUT2D eigenvalue weighted by molar-refractivity contribution is 0.0516. The second-order valence-electron chi connectivity index (χ2n) is 4.25. The predicted octanol–water partition coefficient (Wildman–Crippen LogP) is 1.63. The highest BCUT2D eigenvalue weighted by Crippen LogP contribution is 2.19. The summed E-state index contributed by atoms with van der Waals surface area (Å²) in [5, 5.41) is 4.28. The third-order valence-corrected chi connectivity index (χ3v) is 2.84. The Balaban J connectivity index is 3.00. The Bertz CT molecular complexity index is 416. The Hall–Kier alpha value is -1.56. The summed E-state index contributed by atoms with van der Waals surface area (Å²) in [6, 6.07) is 0. The molecule has 0 saturated heterocycles. The molecule has 0 saturated carbocycles. The Morgan fingerprint density at radius 2 is 2.16 bits per heavy atom. The average molecular weight is 269 g/mol. The molecule has 0 atom stereocenters. The van der Waals surface area contributed by atoms with Crippen molar-refractivity contribution in [3.05, 3.63) is 11.3 Å². The summed E-state index contributed by atoms with van der Waals surface area (Å²) in [5.41, 5.74) is 7.09. The number of esters is 1. The van der Waals surface area contributed by atoms with Crippen molar-refractivity contribution in [3.8, 4) is 0 Å². The fourth-order valence-electron chi connectivity index (χ4n) is 1.80. The van der Waals surface area contributed by atoms with Crippen molar-refractivity contribution in [3.63, 3.8) is 0 Å². The molecule has 1 aromatic rings. The van der Waals surface area contributed by atoms with Crippen molar-refractivity contribution in [1.29, 1.82) is 0 Å². The number of carbonyl (C=O) groups excluding carboxylic acids is 1. The summed E-state index contributed by atoms with van der Waals surface area (Å²) in [7, 11) is 1.61. The van der Waals surface area contributed by atoms with Crippen LogP contribution in [0.15, 0.2) is 0 Å². The summed E-state index contributed by atoms with van der Waals surface area (Å²) < 4.78 is 11.7. The molecule has 6 nitrogen and oxygen atoms in total. The van der Waals surface area contributed by atoms with Gasteiger partial charge in [-0.05, 0) is 13.3 Å². The molecular weight excluding hydrogens is 246 g/mol. The lowest BCUT2D eigenvalue weighted by Gasteiger charge is -2.04. The molecule has 0 aliphatic rings. The number of hydrogen-bond acceptors (Lipinski definition) is 5. The standard InChI is InChI=1S/C13H23N3O3/c1-4-6-8-16-12(14)10(7-9-18-3)11(15-16)13(17)19-5-2/h4-9,14H2,1-3H3. The monoisotopic (exact) mass is 269 g/mol. The Morgan fingerprint density at radius 1 is 1.42 bits per heavy atom. The van der Waals surface area contributed by atoms with E-state index in [1.54, 1.807) is 18.7 Å². The van der Waals surface area contributed by atoms with Gasteiger partial charge in [-0.25, -0.2) is 9.48 Å². The van der Waals surface area contributed by atoms with E-state index in [-0.39, 0.29) is 0 Å². The van der Waals surface area contributed by atoms with Crippen LogP contribution in [0.2, 0.25) is 0 Å². The Morgan fingerprint density at radius 3 is 2.74 bits per heavy atom. The normalized spacial score (nSPS) is 10.7. The highest BCUT2D eigenvalue weighted by molar-refractivity contribution is 5.90. The molecule has 0 unspecified atom stereocenters. The van der Waals surface area contributed by atoms with Gasteiger partial charge in [-0.3, -0.25) is 0 Å². The molecule has 0 amide bonds. The number of anilines is 1. The van der Waals surface area contributed by atoms with E-state index >= 15 is 0 Å². The molecular formula is C13H23N3O3. The summed E-state index contributed by atoms with van der Waals surface area (Å²) in [5.74, 6) is 0.115. The lowest BCUT2D eigenvalue weighted by Crippen LogP contribution is -2.10. The zero-order chi connectivity index (χ0) is 14.3. The first kappa shape index (κ1) is 15.5. The number of aromatic nitrogens is 2. The zero-order valence-corrected chi connectivity index (χ0v) is 11.9. The van der Waals surface area contributed by atoms with Gasteiger partial charge in [-0.2, -0.15) is 5.10 Å². The van der Waals surface area contributed by atoms with Gasteiger partial charge in [-0.1, -0.05) is 13.3 Å². The Labute approximate surface area is 113 Å². The van der Waals surface area contributed by atoms with Gasteiger partial charge in [0.15, 0.2) is 5.69 Å². The second kappa shape index (κ2) is 7.78. The number of methoxy groups -OCH3 is 1. The number of ether oxygens (including phenoxy) is 2. The van der Waals surface area contributed by atoms with E-state index < -0.39 is 5.97 Å². The summed E-state index contributed by atoms with van der Waals surface area (Å²) in [6.07, 6.45) is 2.57. The number of nitrogens with zero attached hydrogens (tertiary/aromatic N) is 2. The topological polar surface area (TPSA) is 79.4 Å². The van der Waals surface area contributed by atoms with Crippen molar-refractivity contribution in [1.82, 2.24) is 9.78 Å². The quantitative estimate of drug-likeness (QED) is 0.726. The van der Waals surface area contributed by atoms with E-state index in [1.165, 1.54) is 0 Å². The highest BCUT2D eigenvalue weighted by Gasteiger charge is 2.21. The fourth-order valence-corrected chi connectivity index (χ4v) is 1.80. The minimum atomic E-state index is -0.421. The third kappa shape index (κ3) is 3.96. The van der Waals surface area contributed by atoms with Crippen LogP contribution in [0.25, 0.3) is 0 Å². The van der Waals surface area contributed by atoms with Gasteiger partial charge in [0.1, 0.15) is 5.82 Å². The molecule has 19 heavy (non-hydrogen) atoms. The average Bonchev–Trinajstić information content (AvgIpc) is 2.71. The van der Waals surface area contributed by atoms with Crippen LogP contribution in [0.1, 0.15) is 42.7 Å². The second-order valence-corrected chi connectivity index (χ2v) is 4.25. The predicted molar refractivity (Wildman–Crippen MR) is 73.1 cm³/mol. The first-order valence-electron chi connectivity index (χ1n) is 6.66. The van der Waals surface area contributed by atoms with Crippen LogP contribution in [-0.2, 0) is 22.4 Å². The van der Waals surface area contributed by atoms with E-state index in [2.05, 4.69) is 12.0 Å². The molecule has 6 heteroatoms. The largest absolute Gasteiger partial charge is 0.461 e. The summed E-state index contributed by atoms with van der Waals surface area (Å²) >= 11 is 0. The number of hydrogen-bond donors (Lipinski definition) is 1. The molecule has 0 spiro atoms. The molecule has 0 fully saturated rings. The van der Waals surface area contributed by atoms with Crippen LogP contribution in [0.3, 0.4) is 0 Å². The van der Waals surface area contributed by atoms with Gasteiger partial charge < -0.3 is 15.2 Å². The fraction of sp³-hybridized carbons (Fsp3) is 0.692. The number of nitrogens with two attached hydrogens (primary N) is 1. The molecule has 1 rings (SSSR count). The van der Waals surface area contributed by atoms with Crippen molar-refractivity contribution < 1.29 is 14.3 Å². The van der Waals surface area contributed by atoms with E-state index in [0.717, 1.165) is 18.4 Å². The highest BCUT2D eigenvalue weighted by atomic mass is 16.5. The molecule has 0 aromatic carbocycles. The zero-order valence-electron chi connectivity index (χ0n) is 11.9. The van der Waals surface area contributed by atoms with E-state index in [4.69, 9.17) is 15.2 Å². The number of carbonyl (C=O) groups is 1. The number of unbranched alkanes of at least 4 members (excludes halogenated alkanes) is 1. The number of aryl methyl sites for hydroxylation is 1. The minimum absolute atomic E-state index is 0.313. The molecule has 1 heterocycles. The lowest BCUT2D eigenvalue weighted by atomic mass is 10.1. The maximum atomic E-state index is 11.9. The van der Waals surface area contributed by atoms with Crippen LogP contribution in [-0.4, -0.2) is 36.1 Å². The summed E-state index contributed by atoms with van der Waals surface area (Å²) in [4.78, 5) is 11.9. The van der Waals surface area contributed by atoms with Crippen molar-refractivity contribution in [2.45, 2.75) is 39.7 Å². The molecule has 0 aliphatic heterocycles. The molecule has 1 aromatic heterocycles. The maximum absolute atomic E-state index is 11.9. The maximum Gasteiger partial charge on any atom is 0.359 e. The Kier molecular flexibility index (Phi) is 6.35. The molecule has 0 aliphatic carbocycles. The van der Waals surface area contributed by atoms with Gasteiger partial charge in [0.25, 0.3) is 0 Å². The van der Waals surface area contributed by atoms with Crippen LogP contribution >= 0.6 is 0 Å². The van der Waals surface area contributed by atoms with Crippen molar-refractivity contribution >= 4 is 11.8 Å². The van der Waals surface area contributed by atoms with E-state index in [9.17, 15) is 4.79 Å². The van der Waals surface area contributed by atoms with Crippen LogP contribution < -0.4 is 5.73 Å². The van der Waals surface area contributed by atoms with Crippen LogP contribution in [0.5, 0.6) is 0 Å². The molecule has 0 bridgehead atoms. The first-order chi connectivity index (χ1) is 9.15. The van der Waals surface area contributed by atoms with Crippen molar-refractivity contribution in [2.24, 2.45) is 0 Å². The number of nitrogen functional groups attached to an aromatic ring is 1. The SMILES string of the molecule is CCCCn1nc(C(=O)OCC)c(CCOC)c1N. The van der Waals surface area contributed by atoms with Crippen LogP contribution in [0.4, 0.5) is 5.82 Å². The first-order valence-corrected chi connectivity index (χ1v) is 6.66. The molecule has 108 valence electrons. The van der Waals surface area contributed by atoms with Gasteiger partial charge in [0.2, 0.25) is 0 Å².